The fraction of sp³-hybridized carbons (Fsp3) is 0.500. The summed E-state index contributed by atoms with van der Waals surface area (Å²) in [5.74, 6) is 0.0638. The lowest BCUT2D eigenvalue weighted by Crippen LogP contribution is -2.45. The zero-order chi connectivity index (χ0) is 12.7. The van der Waals surface area contributed by atoms with Gasteiger partial charge in [-0.05, 0) is 18.4 Å². The lowest BCUT2D eigenvalue weighted by atomic mass is 9.81. The van der Waals surface area contributed by atoms with Crippen LogP contribution in [0.25, 0.3) is 0 Å². The van der Waals surface area contributed by atoms with Crippen LogP contribution in [-0.4, -0.2) is 12.5 Å². The molecule has 3 nitrogen and oxygen atoms in total. The van der Waals surface area contributed by atoms with Crippen LogP contribution in [0.15, 0.2) is 30.3 Å². The molecule has 0 fully saturated rings. The van der Waals surface area contributed by atoms with Gasteiger partial charge in [-0.3, -0.25) is 4.79 Å². The maximum Gasteiger partial charge on any atom is 0.227 e. The van der Waals surface area contributed by atoms with Crippen LogP contribution >= 0.6 is 12.4 Å². The highest BCUT2D eigenvalue weighted by Gasteiger charge is 2.32. The molecule has 0 aliphatic carbocycles. The first-order valence-corrected chi connectivity index (χ1v) is 6.21. The average molecular weight is 271 g/mol. The van der Waals surface area contributed by atoms with E-state index in [9.17, 15) is 4.79 Å². The van der Waals surface area contributed by atoms with E-state index < -0.39 is 5.41 Å². The minimum Gasteiger partial charge on any atom is -0.352 e. The molecule has 0 unspecified atom stereocenters. The zero-order valence-corrected chi connectivity index (χ0v) is 11.9. The third-order valence-electron chi connectivity index (χ3n) is 3.52. The largest absolute Gasteiger partial charge is 0.352 e. The molecule has 1 aromatic rings. The summed E-state index contributed by atoms with van der Waals surface area (Å²) in [7, 11) is 0. The molecule has 1 rings (SSSR count). The van der Waals surface area contributed by atoms with Gasteiger partial charge in [0.15, 0.2) is 0 Å². The fourth-order valence-electron chi connectivity index (χ4n) is 1.92. The molecule has 0 bridgehead atoms. The Morgan fingerprint density at radius 1 is 1.22 bits per heavy atom. The number of hydrogen-bond donors (Lipinski definition) is 2. The summed E-state index contributed by atoms with van der Waals surface area (Å²) in [5, 5.41) is 2.97. The van der Waals surface area contributed by atoms with E-state index in [2.05, 4.69) is 5.32 Å². The predicted octanol–water partition coefficient (Wildman–Crippen LogP) is 2.49. The van der Waals surface area contributed by atoms with Crippen LogP contribution in [0.1, 0.15) is 32.3 Å². The van der Waals surface area contributed by atoms with Gasteiger partial charge in [-0.2, -0.15) is 0 Å². The molecule has 102 valence electrons. The standard InChI is InChI=1S/C14H22N2O.ClH/c1-3-14(4-2,11-15)13(17)16-10-12-8-6-5-7-9-12;/h5-9H,3-4,10-11,15H2,1-2H3,(H,16,17);1H. The molecule has 0 spiro atoms. The van der Waals surface area contributed by atoms with Gasteiger partial charge in [-0.25, -0.2) is 0 Å². The van der Waals surface area contributed by atoms with E-state index >= 15 is 0 Å². The lowest BCUT2D eigenvalue weighted by molar-refractivity contribution is -0.131. The summed E-state index contributed by atoms with van der Waals surface area (Å²) in [4.78, 5) is 12.1. The van der Waals surface area contributed by atoms with E-state index in [0.717, 1.165) is 18.4 Å². The monoisotopic (exact) mass is 270 g/mol. The molecular weight excluding hydrogens is 248 g/mol. The summed E-state index contributed by atoms with van der Waals surface area (Å²) in [6.45, 7) is 5.00. The van der Waals surface area contributed by atoms with Gasteiger partial charge in [-0.15, -0.1) is 12.4 Å². The number of rotatable bonds is 6. The Balaban J connectivity index is 0.00000289. The van der Waals surface area contributed by atoms with Crippen molar-refractivity contribution in [1.82, 2.24) is 5.32 Å². The normalized spacial score (nSPS) is 10.6. The molecule has 0 aliphatic rings. The van der Waals surface area contributed by atoms with E-state index in [-0.39, 0.29) is 18.3 Å². The van der Waals surface area contributed by atoms with Crippen molar-refractivity contribution >= 4 is 18.3 Å². The van der Waals surface area contributed by atoms with Crippen molar-refractivity contribution in [3.63, 3.8) is 0 Å². The quantitative estimate of drug-likeness (QED) is 0.834. The molecule has 0 aromatic heterocycles. The van der Waals surface area contributed by atoms with E-state index in [1.165, 1.54) is 0 Å². The maximum atomic E-state index is 12.1. The van der Waals surface area contributed by atoms with Gasteiger partial charge in [0.25, 0.3) is 0 Å². The molecule has 0 atom stereocenters. The maximum absolute atomic E-state index is 12.1. The topological polar surface area (TPSA) is 55.1 Å². The molecular formula is C14H23ClN2O. The van der Waals surface area contributed by atoms with Gasteiger partial charge >= 0.3 is 0 Å². The van der Waals surface area contributed by atoms with Gasteiger partial charge in [0.1, 0.15) is 0 Å². The smallest absolute Gasteiger partial charge is 0.227 e. The number of hydrogen-bond acceptors (Lipinski definition) is 2. The van der Waals surface area contributed by atoms with Crippen molar-refractivity contribution < 1.29 is 4.79 Å². The fourth-order valence-corrected chi connectivity index (χ4v) is 1.92. The summed E-state index contributed by atoms with van der Waals surface area (Å²) in [6.07, 6.45) is 1.56. The van der Waals surface area contributed by atoms with Crippen molar-refractivity contribution in [2.75, 3.05) is 6.54 Å². The minimum atomic E-state index is -0.408. The Kier molecular flexibility index (Phi) is 7.64. The third-order valence-corrected chi connectivity index (χ3v) is 3.52. The van der Waals surface area contributed by atoms with Crippen molar-refractivity contribution in [3.05, 3.63) is 35.9 Å². The molecule has 0 saturated heterocycles. The average Bonchev–Trinajstić information content (AvgIpc) is 2.40. The Labute approximate surface area is 116 Å². The van der Waals surface area contributed by atoms with Crippen LogP contribution in [0.2, 0.25) is 0 Å². The Hall–Kier alpha value is -1.06. The van der Waals surface area contributed by atoms with Crippen LogP contribution in [-0.2, 0) is 11.3 Å². The Morgan fingerprint density at radius 3 is 2.22 bits per heavy atom. The molecule has 18 heavy (non-hydrogen) atoms. The first kappa shape index (κ1) is 16.9. The second-order valence-corrected chi connectivity index (χ2v) is 4.36. The van der Waals surface area contributed by atoms with E-state index in [0.29, 0.717) is 13.1 Å². The predicted molar refractivity (Wildman–Crippen MR) is 77.6 cm³/mol. The van der Waals surface area contributed by atoms with Crippen molar-refractivity contribution in [2.45, 2.75) is 33.2 Å². The summed E-state index contributed by atoms with van der Waals surface area (Å²) in [5.41, 5.74) is 6.44. The molecule has 0 aliphatic heterocycles. The van der Waals surface area contributed by atoms with Crippen molar-refractivity contribution in [1.29, 1.82) is 0 Å². The van der Waals surface area contributed by atoms with Gasteiger partial charge in [-0.1, -0.05) is 44.2 Å². The Morgan fingerprint density at radius 2 is 1.78 bits per heavy atom. The summed E-state index contributed by atoms with van der Waals surface area (Å²) >= 11 is 0. The number of carbonyl (C=O) groups excluding carboxylic acids is 1. The number of benzene rings is 1. The van der Waals surface area contributed by atoms with Crippen LogP contribution in [0.5, 0.6) is 0 Å². The highest BCUT2D eigenvalue weighted by molar-refractivity contribution is 5.85. The van der Waals surface area contributed by atoms with Gasteiger partial charge in [0.2, 0.25) is 5.91 Å². The number of carbonyl (C=O) groups is 1. The lowest BCUT2D eigenvalue weighted by Gasteiger charge is -2.28. The minimum absolute atomic E-state index is 0. The highest BCUT2D eigenvalue weighted by atomic mass is 35.5. The molecule has 3 N–H and O–H groups in total. The van der Waals surface area contributed by atoms with Crippen LogP contribution in [0, 0.1) is 5.41 Å². The molecule has 1 aromatic carbocycles. The van der Waals surface area contributed by atoms with Crippen molar-refractivity contribution in [2.24, 2.45) is 11.1 Å². The SMILES string of the molecule is CCC(CC)(CN)C(=O)NCc1ccccc1.Cl. The number of nitrogens with one attached hydrogen (secondary N) is 1. The summed E-state index contributed by atoms with van der Waals surface area (Å²) in [6, 6.07) is 9.91. The van der Waals surface area contributed by atoms with Crippen LogP contribution in [0.4, 0.5) is 0 Å². The number of nitrogens with two attached hydrogens (primary N) is 1. The zero-order valence-electron chi connectivity index (χ0n) is 11.1. The van der Waals surface area contributed by atoms with E-state index in [1.54, 1.807) is 0 Å². The number of amides is 1. The molecule has 4 heteroatoms. The van der Waals surface area contributed by atoms with Crippen LogP contribution in [0.3, 0.4) is 0 Å². The van der Waals surface area contributed by atoms with Gasteiger partial charge in [0.05, 0.1) is 5.41 Å². The molecule has 0 radical (unpaired) electrons. The van der Waals surface area contributed by atoms with Gasteiger partial charge in [0, 0.05) is 13.1 Å². The first-order chi connectivity index (χ1) is 8.18. The number of halogens is 1. The van der Waals surface area contributed by atoms with E-state index in [1.807, 2.05) is 44.2 Å². The third kappa shape index (κ3) is 4.00. The Bertz CT molecular complexity index is 342. The van der Waals surface area contributed by atoms with E-state index in [4.69, 9.17) is 5.73 Å². The molecule has 0 saturated carbocycles. The summed E-state index contributed by atoms with van der Waals surface area (Å²) < 4.78 is 0. The highest BCUT2D eigenvalue weighted by Crippen LogP contribution is 2.25. The van der Waals surface area contributed by atoms with Gasteiger partial charge < -0.3 is 11.1 Å². The second kappa shape index (κ2) is 8.11. The molecule has 1 amide bonds. The van der Waals surface area contributed by atoms with Crippen LogP contribution < -0.4 is 11.1 Å². The first-order valence-electron chi connectivity index (χ1n) is 6.21. The molecule has 0 heterocycles. The second-order valence-electron chi connectivity index (χ2n) is 4.36. The van der Waals surface area contributed by atoms with Crippen molar-refractivity contribution in [3.8, 4) is 0 Å².